The number of hydrogen-bond acceptors (Lipinski definition) is 2. The molecule has 3 heterocycles. The molecule has 6 nitrogen and oxygen atoms in total. The van der Waals surface area contributed by atoms with Crippen molar-refractivity contribution in [1.82, 2.24) is 23.7 Å². The zero-order valence-electron chi connectivity index (χ0n) is 16.6. The average Bonchev–Trinajstić information content (AvgIpc) is 3.25. The van der Waals surface area contributed by atoms with Crippen LogP contribution in [0.25, 0.3) is 33.8 Å². The van der Waals surface area contributed by atoms with Gasteiger partial charge in [0.05, 0.1) is 30.6 Å². The predicted molar refractivity (Wildman–Crippen MR) is 106 cm³/mol. The second-order valence-electron chi connectivity index (χ2n) is 7.43. The van der Waals surface area contributed by atoms with Crippen LogP contribution < -0.4 is 4.57 Å². The largest absolute Gasteiger partial charge is 0.392 e. The zero-order chi connectivity index (χ0) is 19.0. The van der Waals surface area contributed by atoms with Crippen molar-refractivity contribution in [3.8, 4) is 5.95 Å². The van der Waals surface area contributed by atoms with Gasteiger partial charge in [0.2, 0.25) is 5.82 Å². The zero-order valence-corrected chi connectivity index (χ0v) is 16.6. The highest BCUT2D eigenvalue weighted by Gasteiger charge is 2.28. The van der Waals surface area contributed by atoms with Crippen LogP contribution in [0.4, 0.5) is 0 Å². The monoisotopic (exact) mass is 359 g/mol. The van der Waals surface area contributed by atoms with Gasteiger partial charge in [-0.05, 0) is 49.6 Å². The highest BCUT2D eigenvalue weighted by molar-refractivity contribution is 5.94. The van der Waals surface area contributed by atoms with Crippen LogP contribution in [-0.2, 0) is 14.1 Å². The maximum Gasteiger partial charge on any atom is 0.392 e. The van der Waals surface area contributed by atoms with Gasteiger partial charge in [0.15, 0.2) is 0 Å². The lowest BCUT2D eigenvalue weighted by Crippen LogP contribution is -2.35. The number of imidazole rings is 2. The van der Waals surface area contributed by atoms with Crippen LogP contribution in [0, 0.1) is 27.7 Å². The molecule has 136 valence electrons. The Hall–Kier alpha value is -3.15. The van der Waals surface area contributed by atoms with E-state index < -0.39 is 0 Å². The quantitative estimate of drug-likeness (QED) is 0.431. The molecule has 0 fully saturated rings. The molecule has 0 radical (unpaired) electrons. The SMILES string of the molecule is Cc1ccc2c(c1C)n(-c1nn(C)c(C)[n+]1C)c1nc3c(C)cccc3n21. The fourth-order valence-corrected chi connectivity index (χ4v) is 3.98. The minimum Gasteiger partial charge on any atom is -0.265 e. The van der Waals surface area contributed by atoms with E-state index in [1.54, 1.807) is 0 Å². The molecule has 3 aromatic heterocycles. The Morgan fingerprint density at radius 3 is 2.41 bits per heavy atom. The van der Waals surface area contributed by atoms with Crippen molar-refractivity contribution in [2.75, 3.05) is 0 Å². The number of nitrogens with zero attached hydrogens (tertiary/aromatic N) is 6. The summed E-state index contributed by atoms with van der Waals surface area (Å²) in [6.07, 6.45) is 0. The highest BCUT2D eigenvalue weighted by Crippen LogP contribution is 2.31. The lowest BCUT2D eigenvalue weighted by atomic mass is 10.1. The van der Waals surface area contributed by atoms with Crippen molar-refractivity contribution < 1.29 is 4.57 Å². The van der Waals surface area contributed by atoms with Gasteiger partial charge < -0.3 is 0 Å². The number of hydrogen-bond donors (Lipinski definition) is 0. The molecule has 6 heteroatoms. The smallest absolute Gasteiger partial charge is 0.265 e. The first kappa shape index (κ1) is 16.1. The first-order valence-electron chi connectivity index (χ1n) is 9.18. The van der Waals surface area contributed by atoms with E-state index in [-0.39, 0.29) is 0 Å². The van der Waals surface area contributed by atoms with E-state index in [9.17, 15) is 0 Å². The van der Waals surface area contributed by atoms with Crippen LogP contribution in [0.5, 0.6) is 0 Å². The van der Waals surface area contributed by atoms with Crippen molar-refractivity contribution in [3.63, 3.8) is 0 Å². The lowest BCUT2D eigenvalue weighted by molar-refractivity contribution is -0.672. The number of aromatic nitrogens is 6. The second kappa shape index (κ2) is 5.19. The first-order chi connectivity index (χ1) is 12.9. The summed E-state index contributed by atoms with van der Waals surface area (Å²) < 4.78 is 8.49. The molecule has 2 aromatic carbocycles. The van der Waals surface area contributed by atoms with Crippen molar-refractivity contribution in [1.29, 1.82) is 0 Å². The maximum atomic E-state index is 5.04. The summed E-state index contributed by atoms with van der Waals surface area (Å²) in [5.74, 6) is 2.86. The Morgan fingerprint density at radius 1 is 0.926 bits per heavy atom. The van der Waals surface area contributed by atoms with E-state index >= 15 is 0 Å². The molecule has 0 unspecified atom stereocenters. The van der Waals surface area contributed by atoms with Crippen molar-refractivity contribution >= 4 is 27.8 Å². The number of aryl methyl sites for hydroxylation is 4. The Balaban J connectivity index is 2.09. The molecule has 5 aromatic rings. The fraction of sp³-hybridized carbons (Fsp3) is 0.286. The van der Waals surface area contributed by atoms with Gasteiger partial charge in [-0.25, -0.2) is 9.55 Å². The Labute approximate surface area is 157 Å². The minimum atomic E-state index is 0.872. The van der Waals surface area contributed by atoms with Gasteiger partial charge in [-0.3, -0.25) is 4.40 Å². The van der Waals surface area contributed by atoms with Gasteiger partial charge in [0.1, 0.15) is 5.52 Å². The number of fused-ring (bicyclic) bond motifs is 5. The molecule has 0 aliphatic heterocycles. The Kier molecular flexibility index (Phi) is 3.09. The van der Waals surface area contributed by atoms with Gasteiger partial charge in [0, 0.05) is 12.0 Å². The van der Waals surface area contributed by atoms with Crippen LogP contribution in [-0.4, -0.2) is 23.7 Å². The van der Waals surface area contributed by atoms with E-state index in [2.05, 4.69) is 78.6 Å². The summed E-state index contributed by atoms with van der Waals surface area (Å²) >= 11 is 0. The molecule has 0 N–H and O–H groups in total. The predicted octanol–water partition coefficient (Wildman–Crippen LogP) is 3.22. The normalized spacial score (nSPS) is 12.1. The Morgan fingerprint density at radius 2 is 1.70 bits per heavy atom. The van der Waals surface area contributed by atoms with Gasteiger partial charge in [-0.15, -0.1) is 4.68 Å². The molecule has 0 bridgehead atoms. The molecule has 0 saturated carbocycles. The molecule has 0 amide bonds. The first-order valence-corrected chi connectivity index (χ1v) is 9.18. The summed E-state index contributed by atoms with van der Waals surface area (Å²) in [7, 11) is 4.03. The van der Waals surface area contributed by atoms with Crippen molar-refractivity contribution in [2.24, 2.45) is 14.1 Å². The molecule has 27 heavy (non-hydrogen) atoms. The van der Waals surface area contributed by atoms with Crippen LogP contribution in [0.1, 0.15) is 22.5 Å². The van der Waals surface area contributed by atoms with E-state index in [1.165, 1.54) is 16.7 Å². The summed E-state index contributed by atoms with van der Waals surface area (Å²) in [5.41, 5.74) is 8.19. The maximum absolute atomic E-state index is 5.04. The summed E-state index contributed by atoms with van der Waals surface area (Å²) in [5, 5.41) is 4.81. The van der Waals surface area contributed by atoms with Gasteiger partial charge >= 0.3 is 5.95 Å². The van der Waals surface area contributed by atoms with Crippen LogP contribution in [0.2, 0.25) is 0 Å². The van der Waals surface area contributed by atoms with Crippen LogP contribution >= 0.6 is 0 Å². The minimum absolute atomic E-state index is 0.872. The molecule has 0 atom stereocenters. The Bertz CT molecular complexity index is 1380. The third-order valence-electron chi connectivity index (χ3n) is 5.91. The molecular weight excluding hydrogens is 336 g/mol. The van der Waals surface area contributed by atoms with Gasteiger partial charge in [-0.2, -0.15) is 4.57 Å². The number of rotatable bonds is 1. The van der Waals surface area contributed by atoms with E-state index in [1.807, 2.05) is 11.7 Å². The second-order valence-corrected chi connectivity index (χ2v) is 7.43. The third-order valence-corrected chi connectivity index (χ3v) is 5.91. The van der Waals surface area contributed by atoms with Crippen LogP contribution in [0.3, 0.4) is 0 Å². The summed E-state index contributed by atoms with van der Waals surface area (Å²) in [6.45, 7) is 8.52. The van der Waals surface area contributed by atoms with Crippen LogP contribution in [0.15, 0.2) is 30.3 Å². The average molecular weight is 359 g/mol. The van der Waals surface area contributed by atoms with Crippen molar-refractivity contribution in [2.45, 2.75) is 27.7 Å². The van der Waals surface area contributed by atoms with Gasteiger partial charge in [0.25, 0.3) is 5.78 Å². The number of para-hydroxylation sites is 1. The molecule has 0 saturated heterocycles. The topological polar surface area (TPSA) is 43.9 Å². The van der Waals surface area contributed by atoms with E-state index in [0.717, 1.165) is 39.6 Å². The van der Waals surface area contributed by atoms with E-state index in [4.69, 9.17) is 10.1 Å². The highest BCUT2D eigenvalue weighted by atomic mass is 15.4. The molecule has 5 rings (SSSR count). The molecule has 0 aliphatic rings. The lowest BCUT2D eigenvalue weighted by Gasteiger charge is -2.04. The molecule has 0 aliphatic carbocycles. The molecular formula is C21H23N6+. The molecule has 0 spiro atoms. The fourth-order valence-electron chi connectivity index (χ4n) is 3.98. The summed E-state index contributed by atoms with van der Waals surface area (Å²) in [6, 6.07) is 10.7. The standard InChI is InChI=1S/C21H23N6/c1-12-10-11-17-19(14(12)3)27(21-23-25(6)15(4)24(21)5)20-22-18-13(2)8-7-9-16(18)26(17)20/h7-11H,1-6H3/q+1. The third kappa shape index (κ3) is 1.92. The summed E-state index contributed by atoms with van der Waals surface area (Å²) in [4.78, 5) is 5.04. The van der Waals surface area contributed by atoms with E-state index in [0.29, 0.717) is 0 Å². The van der Waals surface area contributed by atoms with Gasteiger partial charge in [-0.1, -0.05) is 18.2 Å². The number of benzene rings is 2. The van der Waals surface area contributed by atoms with Crippen molar-refractivity contribution in [3.05, 3.63) is 52.8 Å².